The maximum atomic E-state index is 5.57. The van der Waals surface area contributed by atoms with E-state index in [1.165, 1.54) is 32.1 Å². The molecule has 1 rings (SSSR count). The van der Waals surface area contributed by atoms with Crippen LogP contribution in [0.25, 0.3) is 0 Å². The van der Waals surface area contributed by atoms with Gasteiger partial charge in [-0.1, -0.05) is 51.1 Å². The first-order valence-electron chi connectivity index (χ1n) is 7.29. The number of halogens is 2. The second kappa shape index (κ2) is 8.35. The number of rotatable bonds is 8. The lowest BCUT2D eigenvalue weighted by molar-refractivity contribution is -0.0474. The molecule has 1 saturated carbocycles. The summed E-state index contributed by atoms with van der Waals surface area (Å²) in [5, 5.41) is 0. The minimum Gasteiger partial charge on any atom is -0.384 e. The Morgan fingerprint density at radius 1 is 0.947 bits per heavy atom. The van der Waals surface area contributed by atoms with Gasteiger partial charge in [0, 0.05) is 19.6 Å². The van der Waals surface area contributed by atoms with Crippen LogP contribution in [-0.4, -0.2) is 30.7 Å². The Kier molecular flexibility index (Phi) is 7.88. The lowest BCUT2D eigenvalue weighted by Gasteiger charge is -2.43. The van der Waals surface area contributed by atoms with Gasteiger partial charge in [0.2, 0.25) is 0 Å². The van der Waals surface area contributed by atoms with Crippen molar-refractivity contribution in [2.24, 2.45) is 11.3 Å². The molecule has 0 atom stereocenters. The summed E-state index contributed by atoms with van der Waals surface area (Å²) < 4.78 is 11.2. The summed E-state index contributed by atoms with van der Waals surface area (Å²) in [7, 11) is 3.63. The van der Waals surface area contributed by atoms with Crippen LogP contribution >= 0.6 is 31.9 Å². The predicted octanol–water partition coefficient (Wildman–Crippen LogP) is 5.13. The van der Waals surface area contributed by atoms with Gasteiger partial charge in [-0.15, -0.1) is 0 Å². The van der Waals surface area contributed by atoms with E-state index in [0.717, 1.165) is 32.0 Å². The fourth-order valence-electron chi connectivity index (χ4n) is 3.38. The van der Waals surface area contributed by atoms with Crippen molar-refractivity contribution < 1.29 is 9.47 Å². The van der Waals surface area contributed by atoms with E-state index in [-0.39, 0.29) is 8.65 Å². The van der Waals surface area contributed by atoms with Gasteiger partial charge in [-0.3, -0.25) is 0 Å². The molecule has 0 aromatic rings. The molecule has 0 N–H and O–H groups in total. The molecule has 1 aliphatic carbocycles. The van der Waals surface area contributed by atoms with Gasteiger partial charge < -0.3 is 9.47 Å². The Morgan fingerprint density at radius 2 is 1.47 bits per heavy atom. The zero-order valence-electron chi connectivity index (χ0n) is 12.5. The molecule has 1 aliphatic rings. The van der Waals surface area contributed by atoms with Crippen LogP contribution in [0.5, 0.6) is 0 Å². The first-order chi connectivity index (χ1) is 8.93. The second-order valence-corrected chi connectivity index (χ2v) is 10.7. The largest absolute Gasteiger partial charge is 0.384 e. The highest BCUT2D eigenvalue weighted by Gasteiger charge is 2.40. The van der Waals surface area contributed by atoms with Crippen LogP contribution in [-0.2, 0) is 9.47 Å². The van der Waals surface area contributed by atoms with E-state index in [1.54, 1.807) is 0 Å². The molecule has 0 aromatic heterocycles. The summed E-state index contributed by atoms with van der Waals surface area (Å²) in [4.78, 5) is 0. The highest BCUT2D eigenvalue weighted by molar-refractivity contribution is 9.25. The van der Waals surface area contributed by atoms with Gasteiger partial charge in [0.15, 0.2) is 0 Å². The van der Waals surface area contributed by atoms with Crippen LogP contribution in [0.3, 0.4) is 0 Å². The topological polar surface area (TPSA) is 18.5 Å². The minimum atomic E-state index is 0.0153. The third-order valence-electron chi connectivity index (χ3n) is 4.40. The molecule has 19 heavy (non-hydrogen) atoms. The summed E-state index contributed by atoms with van der Waals surface area (Å²) in [6, 6.07) is 0. The molecule has 0 aliphatic heterocycles. The van der Waals surface area contributed by atoms with Gasteiger partial charge in [-0.25, -0.2) is 0 Å². The highest BCUT2D eigenvalue weighted by Crippen LogP contribution is 2.45. The third-order valence-corrected chi connectivity index (χ3v) is 5.19. The molecular formula is C15H28Br2O2. The van der Waals surface area contributed by atoms with Crippen molar-refractivity contribution in [3.63, 3.8) is 0 Å². The van der Waals surface area contributed by atoms with Gasteiger partial charge in [-0.2, -0.15) is 0 Å². The van der Waals surface area contributed by atoms with E-state index >= 15 is 0 Å². The van der Waals surface area contributed by atoms with Gasteiger partial charge in [0.1, 0.15) is 0 Å². The number of alkyl halides is 2. The third kappa shape index (κ3) is 6.03. The maximum Gasteiger partial charge on any atom is 0.0778 e. The Morgan fingerprint density at radius 3 is 1.89 bits per heavy atom. The van der Waals surface area contributed by atoms with Crippen molar-refractivity contribution in [3.05, 3.63) is 0 Å². The minimum absolute atomic E-state index is 0.0153. The number of hydrogen-bond acceptors (Lipinski definition) is 2. The molecular weight excluding hydrogens is 372 g/mol. The molecule has 0 saturated heterocycles. The van der Waals surface area contributed by atoms with Crippen molar-refractivity contribution in [1.82, 2.24) is 0 Å². The SMILES string of the molecule is COCC(CCC(C)(Br)Br)(COC)C1CCCCC1. The van der Waals surface area contributed by atoms with Crippen molar-refractivity contribution >= 4 is 31.9 Å². The smallest absolute Gasteiger partial charge is 0.0778 e. The van der Waals surface area contributed by atoms with Crippen molar-refractivity contribution in [2.75, 3.05) is 27.4 Å². The van der Waals surface area contributed by atoms with Crippen LogP contribution in [0.2, 0.25) is 0 Å². The highest BCUT2D eigenvalue weighted by atomic mass is 79.9. The Balaban J connectivity index is 2.78. The summed E-state index contributed by atoms with van der Waals surface area (Å²) in [6.45, 7) is 3.78. The zero-order chi connectivity index (χ0) is 14.4. The molecule has 1 fully saturated rings. The fourth-order valence-corrected chi connectivity index (χ4v) is 3.78. The second-order valence-electron chi connectivity index (χ2n) is 6.13. The summed E-state index contributed by atoms with van der Waals surface area (Å²) in [5.74, 6) is 0.739. The first kappa shape index (κ1) is 17.9. The summed E-state index contributed by atoms with van der Waals surface area (Å²) in [5.41, 5.74) is 0.173. The van der Waals surface area contributed by atoms with E-state index in [0.29, 0.717) is 0 Å². The van der Waals surface area contributed by atoms with Crippen LogP contribution in [0, 0.1) is 11.3 Å². The Labute approximate surface area is 135 Å². The quantitative estimate of drug-likeness (QED) is 0.526. The van der Waals surface area contributed by atoms with E-state index < -0.39 is 0 Å². The average molecular weight is 400 g/mol. The Bertz CT molecular complexity index is 239. The molecule has 0 bridgehead atoms. The standard InChI is InChI=1S/C15H28Br2O2/c1-14(16,17)9-10-15(11-18-2,12-19-3)13-7-5-4-6-8-13/h13H,4-12H2,1-3H3. The first-order valence-corrected chi connectivity index (χ1v) is 8.88. The fraction of sp³-hybridized carbons (Fsp3) is 1.00. The number of methoxy groups -OCH3 is 2. The van der Waals surface area contributed by atoms with Gasteiger partial charge in [-0.05, 0) is 38.5 Å². The van der Waals surface area contributed by atoms with Crippen LogP contribution in [0.4, 0.5) is 0 Å². The lowest BCUT2D eigenvalue weighted by Crippen LogP contribution is -2.41. The normalized spacial score (nSPS) is 18.8. The van der Waals surface area contributed by atoms with Crippen molar-refractivity contribution in [3.8, 4) is 0 Å². The van der Waals surface area contributed by atoms with Gasteiger partial charge >= 0.3 is 0 Å². The molecule has 0 heterocycles. The van der Waals surface area contributed by atoms with Crippen LogP contribution in [0.1, 0.15) is 51.9 Å². The molecule has 2 nitrogen and oxygen atoms in total. The Hall–Kier alpha value is 0.880. The molecule has 0 unspecified atom stereocenters. The molecule has 0 aromatic carbocycles. The van der Waals surface area contributed by atoms with Crippen LogP contribution in [0.15, 0.2) is 0 Å². The van der Waals surface area contributed by atoms with E-state index in [2.05, 4.69) is 38.8 Å². The van der Waals surface area contributed by atoms with E-state index in [4.69, 9.17) is 9.47 Å². The van der Waals surface area contributed by atoms with E-state index in [1.807, 2.05) is 14.2 Å². The predicted molar refractivity (Wildman–Crippen MR) is 88.3 cm³/mol. The number of ether oxygens (including phenoxy) is 2. The molecule has 0 radical (unpaired) electrons. The van der Waals surface area contributed by atoms with E-state index in [9.17, 15) is 0 Å². The van der Waals surface area contributed by atoms with Crippen LogP contribution < -0.4 is 0 Å². The molecule has 0 amide bonds. The number of hydrogen-bond donors (Lipinski definition) is 0. The van der Waals surface area contributed by atoms with Crippen molar-refractivity contribution in [2.45, 2.75) is 55.1 Å². The zero-order valence-corrected chi connectivity index (χ0v) is 15.7. The monoisotopic (exact) mass is 398 g/mol. The molecule has 0 spiro atoms. The lowest BCUT2D eigenvalue weighted by atomic mass is 9.67. The maximum absolute atomic E-state index is 5.57. The summed E-state index contributed by atoms with van der Waals surface area (Å²) >= 11 is 7.38. The molecule has 114 valence electrons. The average Bonchev–Trinajstić information content (AvgIpc) is 2.37. The van der Waals surface area contributed by atoms with Gasteiger partial charge in [0.05, 0.1) is 16.4 Å². The summed E-state index contributed by atoms with van der Waals surface area (Å²) in [6.07, 6.45) is 8.98. The molecule has 4 heteroatoms. The van der Waals surface area contributed by atoms with Gasteiger partial charge in [0.25, 0.3) is 0 Å². The van der Waals surface area contributed by atoms with Crippen molar-refractivity contribution in [1.29, 1.82) is 0 Å².